The molecule has 0 aromatic heterocycles. The van der Waals surface area contributed by atoms with Crippen LogP contribution in [-0.4, -0.2) is 14.2 Å². The molecule has 0 bridgehead atoms. The zero-order chi connectivity index (χ0) is 14.5. The van der Waals surface area contributed by atoms with E-state index >= 15 is 0 Å². The smallest absolute Gasteiger partial charge is 0.165 e. The number of methoxy groups -OCH3 is 2. The Morgan fingerprint density at radius 2 is 1.75 bits per heavy atom. The normalized spacial score (nSPS) is 12.0. The van der Waals surface area contributed by atoms with Gasteiger partial charge >= 0.3 is 0 Å². The molecule has 0 spiro atoms. The van der Waals surface area contributed by atoms with Crippen LogP contribution in [0.25, 0.3) is 0 Å². The summed E-state index contributed by atoms with van der Waals surface area (Å²) in [6, 6.07) is 12.4. The summed E-state index contributed by atoms with van der Waals surface area (Å²) in [7, 11) is 3.07. The molecule has 1 unspecified atom stereocenters. The van der Waals surface area contributed by atoms with Crippen molar-refractivity contribution in [3.05, 3.63) is 59.4 Å². The highest BCUT2D eigenvalue weighted by Crippen LogP contribution is 2.29. The summed E-state index contributed by atoms with van der Waals surface area (Å²) < 4.78 is 23.4. The van der Waals surface area contributed by atoms with Crippen LogP contribution in [-0.2, 0) is 6.42 Å². The van der Waals surface area contributed by atoms with Gasteiger partial charge in [-0.1, -0.05) is 18.2 Å². The van der Waals surface area contributed by atoms with E-state index in [-0.39, 0.29) is 16.9 Å². The molecule has 0 aliphatic carbocycles. The maximum absolute atomic E-state index is 13.4. The molecule has 2 aromatic rings. The fourth-order valence-electron chi connectivity index (χ4n) is 1.96. The molecule has 0 saturated carbocycles. The summed E-state index contributed by atoms with van der Waals surface area (Å²) >= 11 is 6.39. The van der Waals surface area contributed by atoms with Gasteiger partial charge in [0.1, 0.15) is 5.75 Å². The number of rotatable bonds is 5. The standard InChI is InChI=1S/C16H16ClFO2/c1-19-13-6-3-11(4-7-13)9-14(17)12-5-8-15(18)16(10-12)20-2/h3-8,10,14H,9H2,1-2H3. The van der Waals surface area contributed by atoms with Crippen LogP contribution in [0.2, 0.25) is 0 Å². The van der Waals surface area contributed by atoms with Crippen LogP contribution in [0, 0.1) is 5.82 Å². The van der Waals surface area contributed by atoms with Crippen LogP contribution in [0.15, 0.2) is 42.5 Å². The summed E-state index contributed by atoms with van der Waals surface area (Å²) in [4.78, 5) is 0. The molecule has 0 N–H and O–H groups in total. The quantitative estimate of drug-likeness (QED) is 0.763. The van der Waals surface area contributed by atoms with E-state index in [1.807, 2.05) is 24.3 Å². The topological polar surface area (TPSA) is 18.5 Å². The molecule has 0 amide bonds. The van der Waals surface area contributed by atoms with Gasteiger partial charge in [0.15, 0.2) is 11.6 Å². The van der Waals surface area contributed by atoms with Crippen molar-refractivity contribution in [2.24, 2.45) is 0 Å². The molecule has 2 aromatic carbocycles. The number of hydrogen-bond donors (Lipinski definition) is 0. The predicted molar refractivity (Wildman–Crippen MR) is 78.2 cm³/mol. The third kappa shape index (κ3) is 3.42. The van der Waals surface area contributed by atoms with Gasteiger partial charge in [-0.25, -0.2) is 4.39 Å². The molecule has 0 heterocycles. The lowest BCUT2D eigenvalue weighted by Gasteiger charge is -2.12. The monoisotopic (exact) mass is 294 g/mol. The molecule has 20 heavy (non-hydrogen) atoms. The average Bonchev–Trinajstić information content (AvgIpc) is 2.48. The van der Waals surface area contributed by atoms with Crippen LogP contribution < -0.4 is 9.47 Å². The lowest BCUT2D eigenvalue weighted by molar-refractivity contribution is 0.386. The molecule has 1 atom stereocenters. The van der Waals surface area contributed by atoms with E-state index in [1.54, 1.807) is 19.2 Å². The molecule has 0 fully saturated rings. The fourth-order valence-corrected chi connectivity index (χ4v) is 2.27. The van der Waals surface area contributed by atoms with Crippen molar-refractivity contribution >= 4 is 11.6 Å². The number of alkyl halides is 1. The molecule has 0 radical (unpaired) electrons. The third-order valence-corrected chi connectivity index (χ3v) is 3.52. The van der Waals surface area contributed by atoms with Gasteiger partial charge in [-0.05, 0) is 41.8 Å². The third-order valence-electron chi connectivity index (χ3n) is 3.11. The van der Waals surface area contributed by atoms with E-state index in [9.17, 15) is 4.39 Å². The number of benzene rings is 2. The summed E-state index contributed by atoms with van der Waals surface area (Å²) in [5.74, 6) is 0.635. The summed E-state index contributed by atoms with van der Waals surface area (Å²) in [6.07, 6.45) is 0.653. The predicted octanol–water partition coefficient (Wildman–Crippen LogP) is 4.37. The number of hydrogen-bond acceptors (Lipinski definition) is 2. The van der Waals surface area contributed by atoms with Gasteiger partial charge in [-0.15, -0.1) is 11.6 Å². The van der Waals surface area contributed by atoms with Crippen LogP contribution in [0.1, 0.15) is 16.5 Å². The molecular formula is C16H16ClFO2. The molecule has 4 heteroatoms. The Kier molecular flexibility index (Phi) is 4.85. The van der Waals surface area contributed by atoms with Gasteiger partial charge in [-0.2, -0.15) is 0 Å². The maximum Gasteiger partial charge on any atom is 0.165 e. The van der Waals surface area contributed by atoms with Crippen LogP contribution in [0.3, 0.4) is 0 Å². The van der Waals surface area contributed by atoms with Gasteiger partial charge in [0.2, 0.25) is 0 Å². The first-order valence-electron chi connectivity index (χ1n) is 6.24. The highest BCUT2D eigenvalue weighted by molar-refractivity contribution is 6.20. The minimum atomic E-state index is -0.385. The van der Waals surface area contributed by atoms with Crippen molar-refractivity contribution in [1.29, 1.82) is 0 Å². The number of halogens is 2. The lowest BCUT2D eigenvalue weighted by atomic mass is 10.0. The van der Waals surface area contributed by atoms with Gasteiger partial charge < -0.3 is 9.47 Å². The first-order chi connectivity index (χ1) is 9.63. The van der Waals surface area contributed by atoms with Crippen molar-refractivity contribution in [2.45, 2.75) is 11.8 Å². The Bertz CT molecular complexity index is 569. The van der Waals surface area contributed by atoms with Gasteiger partial charge in [0, 0.05) is 0 Å². The Labute approximate surface area is 123 Å². The lowest BCUT2D eigenvalue weighted by Crippen LogP contribution is -1.98. The summed E-state index contributed by atoms with van der Waals surface area (Å²) in [5, 5.41) is -0.238. The Hall–Kier alpha value is -1.74. The molecular weight excluding hydrogens is 279 g/mol. The Morgan fingerprint density at radius 1 is 1.05 bits per heavy atom. The molecule has 0 aliphatic rings. The maximum atomic E-state index is 13.4. The first kappa shape index (κ1) is 14.7. The Morgan fingerprint density at radius 3 is 2.35 bits per heavy atom. The fraction of sp³-hybridized carbons (Fsp3) is 0.250. The molecule has 106 valence electrons. The van der Waals surface area contributed by atoms with E-state index in [0.29, 0.717) is 6.42 Å². The Balaban J connectivity index is 2.12. The van der Waals surface area contributed by atoms with Crippen molar-refractivity contribution in [1.82, 2.24) is 0 Å². The molecule has 0 aliphatic heterocycles. The van der Waals surface area contributed by atoms with Gasteiger partial charge in [0.05, 0.1) is 19.6 Å². The second-order valence-corrected chi connectivity index (χ2v) is 4.94. The van der Waals surface area contributed by atoms with E-state index in [1.165, 1.54) is 13.2 Å². The molecule has 2 nitrogen and oxygen atoms in total. The largest absolute Gasteiger partial charge is 0.497 e. The van der Waals surface area contributed by atoms with Crippen molar-refractivity contribution < 1.29 is 13.9 Å². The second-order valence-electron chi connectivity index (χ2n) is 4.41. The molecule has 0 saturated heterocycles. The van der Waals surface area contributed by atoms with Gasteiger partial charge in [-0.3, -0.25) is 0 Å². The highest BCUT2D eigenvalue weighted by Gasteiger charge is 2.12. The van der Waals surface area contributed by atoms with Crippen molar-refractivity contribution in [2.75, 3.05) is 14.2 Å². The average molecular weight is 295 g/mol. The minimum absolute atomic E-state index is 0.211. The zero-order valence-electron chi connectivity index (χ0n) is 11.4. The highest BCUT2D eigenvalue weighted by atomic mass is 35.5. The van der Waals surface area contributed by atoms with Crippen molar-refractivity contribution in [3.63, 3.8) is 0 Å². The van der Waals surface area contributed by atoms with Gasteiger partial charge in [0.25, 0.3) is 0 Å². The van der Waals surface area contributed by atoms with E-state index in [0.717, 1.165) is 16.9 Å². The second kappa shape index (κ2) is 6.62. The van der Waals surface area contributed by atoms with Crippen molar-refractivity contribution in [3.8, 4) is 11.5 Å². The van der Waals surface area contributed by atoms with Crippen LogP contribution >= 0.6 is 11.6 Å². The van der Waals surface area contributed by atoms with Crippen LogP contribution in [0.4, 0.5) is 4.39 Å². The van der Waals surface area contributed by atoms with Crippen LogP contribution in [0.5, 0.6) is 11.5 Å². The van der Waals surface area contributed by atoms with E-state index < -0.39 is 0 Å². The van der Waals surface area contributed by atoms with E-state index in [2.05, 4.69) is 0 Å². The first-order valence-corrected chi connectivity index (χ1v) is 6.68. The number of ether oxygens (including phenoxy) is 2. The van der Waals surface area contributed by atoms with E-state index in [4.69, 9.17) is 21.1 Å². The minimum Gasteiger partial charge on any atom is -0.497 e. The molecule has 2 rings (SSSR count). The summed E-state index contributed by atoms with van der Waals surface area (Å²) in [5.41, 5.74) is 1.93. The zero-order valence-corrected chi connectivity index (χ0v) is 12.2. The summed E-state index contributed by atoms with van der Waals surface area (Å²) in [6.45, 7) is 0. The SMILES string of the molecule is COc1ccc(CC(Cl)c2ccc(F)c(OC)c2)cc1.